The number of allylic oxidation sites excluding steroid dienone is 1. The Kier molecular flexibility index (Phi) is 5.07. The van der Waals surface area contributed by atoms with Crippen LogP contribution in [0.4, 0.5) is 0 Å². The Hall–Kier alpha value is -2.03. The minimum Gasteiger partial charge on any atom is -0.381 e. The molecular weight excluding hydrogens is 272 g/mol. The molecule has 3 nitrogen and oxygen atoms in total. The summed E-state index contributed by atoms with van der Waals surface area (Å²) in [6.07, 6.45) is 3.42. The third kappa shape index (κ3) is 4.00. The van der Waals surface area contributed by atoms with Crippen molar-refractivity contribution in [3.63, 3.8) is 0 Å². The number of carbonyl (C=O) groups is 1. The van der Waals surface area contributed by atoms with E-state index < -0.39 is 0 Å². The van der Waals surface area contributed by atoms with Gasteiger partial charge >= 0.3 is 0 Å². The molecule has 2 N–H and O–H groups in total. The van der Waals surface area contributed by atoms with Gasteiger partial charge in [0.25, 0.3) is 0 Å². The number of amides is 1. The van der Waals surface area contributed by atoms with Crippen molar-refractivity contribution in [1.82, 2.24) is 10.6 Å². The summed E-state index contributed by atoms with van der Waals surface area (Å²) >= 11 is 0. The van der Waals surface area contributed by atoms with Crippen LogP contribution in [0.5, 0.6) is 0 Å². The summed E-state index contributed by atoms with van der Waals surface area (Å²) in [5, 5.41) is 6.45. The summed E-state index contributed by atoms with van der Waals surface area (Å²) in [4.78, 5) is 12.4. The monoisotopic (exact) mass is 298 g/mol. The zero-order valence-electron chi connectivity index (χ0n) is 13.8. The average Bonchev–Trinajstić information content (AvgIpc) is 2.80. The molecule has 0 saturated carbocycles. The van der Waals surface area contributed by atoms with Crippen molar-refractivity contribution in [2.24, 2.45) is 5.41 Å². The van der Waals surface area contributed by atoms with Crippen molar-refractivity contribution < 1.29 is 4.79 Å². The summed E-state index contributed by atoms with van der Waals surface area (Å²) < 4.78 is 0. The van der Waals surface area contributed by atoms with Gasteiger partial charge in [-0.15, -0.1) is 6.58 Å². The first-order valence-corrected chi connectivity index (χ1v) is 7.85. The van der Waals surface area contributed by atoms with Crippen LogP contribution >= 0.6 is 0 Å². The topological polar surface area (TPSA) is 41.1 Å². The second-order valence-electron chi connectivity index (χ2n) is 6.75. The third-order valence-electron chi connectivity index (χ3n) is 4.05. The van der Waals surface area contributed by atoms with Crippen molar-refractivity contribution in [3.05, 3.63) is 59.8 Å². The molecule has 1 aliphatic carbocycles. The van der Waals surface area contributed by atoms with Crippen LogP contribution in [-0.2, 0) is 4.79 Å². The van der Waals surface area contributed by atoms with Crippen LogP contribution in [-0.4, -0.2) is 12.5 Å². The number of nitrogens with one attached hydrogen (secondary N) is 2. The van der Waals surface area contributed by atoms with E-state index in [0.717, 1.165) is 24.1 Å². The molecule has 0 radical (unpaired) electrons. The highest BCUT2D eigenvalue weighted by Gasteiger charge is 2.34. The van der Waals surface area contributed by atoms with E-state index in [1.54, 1.807) is 6.08 Å². The van der Waals surface area contributed by atoms with Crippen molar-refractivity contribution in [3.8, 4) is 0 Å². The van der Waals surface area contributed by atoms with Crippen molar-refractivity contribution >= 4 is 5.91 Å². The molecule has 0 spiro atoms. The van der Waals surface area contributed by atoms with Crippen LogP contribution in [0.15, 0.2) is 54.3 Å². The molecule has 1 unspecified atom stereocenters. The van der Waals surface area contributed by atoms with Gasteiger partial charge in [-0.05, 0) is 30.7 Å². The van der Waals surface area contributed by atoms with E-state index in [2.05, 4.69) is 50.1 Å². The highest BCUT2D eigenvalue weighted by atomic mass is 16.1. The van der Waals surface area contributed by atoms with Crippen LogP contribution in [0.3, 0.4) is 0 Å². The van der Waals surface area contributed by atoms with Gasteiger partial charge in [-0.3, -0.25) is 4.79 Å². The fraction of sp³-hybridized carbons (Fsp3) is 0.421. The maximum Gasteiger partial charge on any atom is 0.249 e. The van der Waals surface area contributed by atoms with Crippen LogP contribution < -0.4 is 10.6 Å². The quantitative estimate of drug-likeness (QED) is 0.786. The third-order valence-corrected chi connectivity index (χ3v) is 4.05. The Labute approximate surface area is 133 Å². The molecule has 0 aromatic heterocycles. The maximum absolute atomic E-state index is 12.4. The van der Waals surface area contributed by atoms with Gasteiger partial charge in [0.05, 0.1) is 0 Å². The molecule has 0 saturated heterocycles. The molecule has 0 aliphatic heterocycles. The highest BCUT2D eigenvalue weighted by Crippen LogP contribution is 2.41. The van der Waals surface area contributed by atoms with E-state index in [9.17, 15) is 4.79 Å². The van der Waals surface area contributed by atoms with Crippen LogP contribution in [0.25, 0.3) is 0 Å². The standard InChI is InChI=1S/C19H26N2O/c1-5-11-20-18(22)16-12-19(3,4)13-17(16)21-14(2)15-9-7-6-8-10-15/h5-10,14,21H,1,11-13H2,2-4H3,(H,20,22). The SMILES string of the molecule is C=CCNC(=O)C1=C(NC(C)c2ccccc2)CC(C)(C)C1. The minimum absolute atomic E-state index is 0.0215. The van der Waals surface area contributed by atoms with Crippen LogP contribution in [0.1, 0.15) is 45.2 Å². The molecule has 1 aliphatic rings. The van der Waals surface area contributed by atoms with E-state index in [-0.39, 0.29) is 17.4 Å². The van der Waals surface area contributed by atoms with Gasteiger partial charge < -0.3 is 10.6 Å². The number of carbonyl (C=O) groups excluding carboxylic acids is 1. The Morgan fingerprint density at radius 2 is 2.00 bits per heavy atom. The largest absolute Gasteiger partial charge is 0.381 e. The van der Waals surface area contributed by atoms with Crippen LogP contribution in [0, 0.1) is 5.41 Å². The molecule has 0 bridgehead atoms. The lowest BCUT2D eigenvalue weighted by Crippen LogP contribution is -2.27. The van der Waals surface area contributed by atoms with Crippen molar-refractivity contribution in [2.45, 2.75) is 39.7 Å². The highest BCUT2D eigenvalue weighted by molar-refractivity contribution is 5.94. The average molecular weight is 298 g/mol. The first kappa shape index (κ1) is 16.3. The first-order chi connectivity index (χ1) is 10.4. The first-order valence-electron chi connectivity index (χ1n) is 7.85. The lowest BCUT2D eigenvalue weighted by Gasteiger charge is -2.20. The van der Waals surface area contributed by atoms with Crippen molar-refractivity contribution in [2.75, 3.05) is 6.54 Å². The number of benzene rings is 1. The van der Waals surface area contributed by atoms with Crippen molar-refractivity contribution in [1.29, 1.82) is 0 Å². The van der Waals surface area contributed by atoms with E-state index >= 15 is 0 Å². The van der Waals surface area contributed by atoms with Gasteiger partial charge in [-0.1, -0.05) is 50.3 Å². The van der Waals surface area contributed by atoms with E-state index in [4.69, 9.17) is 0 Å². The molecule has 118 valence electrons. The van der Waals surface area contributed by atoms with E-state index in [1.165, 1.54) is 5.56 Å². The molecule has 1 aromatic rings. The molecule has 1 amide bonds. The van der Waals surface area contributed by atoms with Gasteiger partial charge in [0.15, 0.2) is 0 Å². The maximum atomic E-state index is 12.4. The van der Waals surface area contributed by atoms with Gasteiger partial charge in [-0.2, -0.15) is 0 Å². The number of hydrogen-bond donors (Lipinski definition) is 2. The summed E-state index contributed by atoms with van der Waals surface area (Å²) in [6.45, 7) is 10.7. The zero-order chi connectivity index (χ0) is 16.2. The normalized spacial score (nSPS) is 18.0. The number of hydrogen-bond acceptors (Lipinski definition) is 2. The molecule has 22 heavy (non-hydrogen) atoms. The van der Waals surface area contributed by atoms with Gasteiger partial charge in [0, 0.05) is 23.9 Å². The van der Waals surface area contributed by atoms with Gasteiger partial charge in [0.1, 0.15) is 0 Å². The molecular formula is C19H26N2O. The predicted octanol–water partition coefficient (Wildman–Crippen LogP) is 3.71. The molecule has 1 aromatic carbocycles. The van der Waals surface area contributed by atoms with E-state index in [0.29, 0.717) is 6.54 Å². The Morgan fingerprint density at radius 3 is 2.64 bits per heavy atom. The number of rotatable bonds is 6. The molecule has 0 fully saturated rings. The molecule has 0 heterocycles. The molecule has 2 rings (SSSR count). The van der Waals surface area contributed by atoms with Gasteiger partial charge in [0.2, 0.25) is 5.91 Å². The summed E-state index contributed by atoms with van der Waals surface area (Å²) in [7, 11) is 0. The minimum atomic E-state index is 0.0215. The Morgan fingerprint density at radius 1 is 1.32 bits per heavy atom. The Bertz CT molecular complexity index is 572. The smallest absolute Gasteiger partial charge is 0.249 e. The van der Waals surface area contributed by atoms with E-state index in [1.807, 2.05) is 18.2 Å². The second kappa shape index (κ2) is 6.82. The zero-order valence-corrected chi connectivity index (χ0v) is 13.8. The molecule has 3 heteroatoms. The predicted molar refractivity (Wildman–Crippen MR) is 91.2 cm³/mol. The fourth-order valence-electron chi connectivity index (χ4n) is 2.95. The summed E-state index contributed by atoms with van der Waals surface area (Å²) in [5.74, 6) is 0.0215. The summed E-state index contributed by atoms with van der Waals surface area (Å²) in [5.41, 5.74) is 3.31. The second-order valence-corrected chi connectivity index (χ2v) is 6.75. The van der Waals surface area contributed by atoms with Crippen LogP contribution in [0.2, 0.25) is 0 Å². The molecule has 1 atom stereocenters. The lowest BCUT2D eigenvalue weighted by atomic mass is 9.89. The lowest BCUT2D eigenvalue weighted by molar-refractivity contribution is -0.117. The Balaban J connectivity index is 2.16. The summed E-state index contributed by atoms with van der Waals surface area (Å²) in [6, 6.07) is 10.5. The fourth-order valence-corrected chi connectivity index (χ4v) is 2.95. The van der Waals surface area contributed by atoms with Gasteiger partial charge in [-0.25, -0.2) is 0 Å².